The molecule has 1 aromatic carbocycles. The van der Waals surface area contributed by atoms with Gasteiger partial charge >= 0.3 is 12.0 Å². The maximum absolute atomic E-state index is 12.4. The van der Waals surface area contributed by atoms with E-state index in [0.29, 0.717) is 30.0 Å². The lowest BCUT2D eigenvalue weighted by molar-refractivity contribution is -0.130. The summed E-state index contributed by atoms with van der Waals surface area (Å²) in [5.74, 6) is 0.795. The Hall–Kier alpha value is -2.81. The predicted molar refractivity (Wildman–Crippen MR) is 139 cm³/mol. The van der Waals surface area contributed by atoms with Crippen molar-refractivity contribution in [3.8, 4) is 11.5 Å². The number of hydrogen-bond acceptors (Lipinski definition) is 7. The number of nitrogens with zero attached hydrogens (tertiary/aromatic N) is 3. The number of ether oxygens (including phenoxy) is 3. The lowest BCUT2D eigenvalue weighted by atomic mass is 9.98. The minimum Gasteiger partial charge on any atom is -0.497 e. The summed E-state index contributed by atoms with van der Waals surface area (Å²) in [4.78, 5) is 42.2. The fraction of sp³-hybridized carbons (Fsp3) is 0.679. The van der Waals surface area contributed by atoms with Crippen molar-refractivity contribution < 1.29 is 28.6 Å². The second-order valence-electron chi connectivity index (χ2n) is 10.3. The first-order chi connectivity index (χ1) is 17.9. The van der Waals surface area contributed by atoms with Crippen molar-refractivity contribution in [3.63, 3.8) is 0 Å². The average Bonchev–Trinajstić information content (AvgIpc) is 3.23. The number of carbonyl (C=O) groups is 3. The normalized spacial score (nSPS) is 20.8. The highest BCUT2D eigenvalue weighted by Crippen LogP contribution is 2.41. The van der Waals surface area contributed by atoms with E-state index in [1.165, 1.54) is 30.6 Å². The first-order valence-corrected chi connectivity index (χ1v) is 13.7. The second kappa shape index (κ2) is 12.6. The first-order valence-electron chi connectivity index (χ1n) is 13.7. The zero-order valence-electron chi connectivity index (χ0n) is 22.5. The number of fused-ring (bicyclic) bond motifs is 1. The van der Waals surface area contributed by atoms with Crippen molar-refractivity contribution in [2.75, 3.05) is 47.4 Å². The summed E-state index contributed by atoms with van der Waals surface area (Å²) in [6.07, 6.45) is 9.93. The van der Waals surface area contributed by atoms with Gasteiger partial charge in [0, 0.05) is 50.8 Å². The fourth-order valence-corrected chi connectivity index (χ4v) is 5.77. The largest absolute Gasteiger partial charge is 0.497 e. The zero-order chi connectivity index (χ0) is 26.4. The van der Waals surface area contributed by atoms with Gasteiger partial charge in [-0.25, -0.2) is 9.59 Å². The van der Waals surface area contributed by atoms with Crippen LogP contribution in [0.2, 0.25) is 0 Å². The molecule has 2 saturated heterocycles. The van der Waals surface area contributed by atoms with Crippen molar-refractivity contribution in [3.05, 3.63) is 23.3 Å². The average molecular weight is 516 g/mol. The molecular weight excluding hydrogens is 474 g/mol. The molecule has 0 N–H and O–H groups in total. The van der Waals surface area contributed by atoms with Crippen LogP contribution in [-0.4, -0.2) is 86.1 Å². The molecule has 9 nitrogen and oxygen atoms in total. The molecular formula is C28H41N3O6. The van der Waals surface area contributed by atoms with Crippen LogP contribution in [0.25, 0.3) is 0 Å². The molecule has 0 spiro atoms. The number of esters is 1. The predicted octanol–water partition coefficient (Wildman–Crippen LogP) is 4.39. The van der Waals surface area contributed by atoms with E-state index < -0.39 is 0 Å². The van der Waals surface area contributed by atoms with E-state index in [4.69, 9.17) is 14.2 Å². The van der Waals surface area contributed by atoms with Crippen molar-refractivity contribution in [1.82, 2.24) is 14.7 Å². The maximum Gasteiger partial charge on any atom is 0.342 e. The molecule has 0 aliphatic carbocycles. The Labute approximate surface area is 220 Å². The lowest BCUT2D eigenvalue weighted by Gasteiger charge is -2.41. The highest BCUT2D eigenvalue weighted by atomic mass is 16.6. The van der Waals surface area contributed by atoms with Gasteiger partial charge in [-0.05, 0) is 44.7 Å². The zero-order valence-corrected chi connectivity index (χ0v) is 22.5. The van der Waals surface area contributed by atoms with Crippen LogP contribution < -0.4 is 9.47 Å². The molecule has 1 aromatic rings. The van der Waals surface area contributed by atoms with E-state index in [2.05, 4.69) is 4.90 Å². The van der Waals surface area contributed by atoms with Crippen LogP contribution in [0.4, 0.5) is 4.79 Å². The molecule has 0 saturated carbocycles. The molecule has 4 rings (SSSR count). The summed E-state index contributed by atoms with van der Waals surface area (Å²) < 4.78 is 16.4. The van der Waals surface area contributed by atoms with Crippen LogP contribution in [0.1, 0.15) is 86.2 Å². The van der Waals surface area contributed by atoms with Crippen LogP contribution >= 0.6 is 0 Å². The molecule has 3 amide bonds. The summed E-state index contributed by atoms with van der Waals surface area (Å²) in [5.41, 5.74) is 1.40. The standard InChI is InChI=1S/C28H41N3O6/c1-29-25(32)13-17-31(28(29)34)20-11-15-30(16-12-20)14-9-7-5-4-6-8-10-23-22-18-21(35-2)19-24(36-3)26(22)27(33)37-23/h18-20,23H,4-17H2,1-3H3/t23-/m1/s1. The van der Waals surface area contributed by atoms with Crippen LogP contribution in [0, 0.1) is 0 Å². The Kier molecular flexibility index (Phi) is 9.29. The Morgan fingerprint density at radius 1 is 0.919 bits per heavy atom. The smallest absolute Gasteiger partial charge is 0.342 e. The molecule has 204 valence electrons. The van der Waals surface area contributed by atoms with Gasteiger partial charge in [0.25, 0.3) is 0 Å². The third-order valence-corrected chi connectivity index (χ3v) is 8.02. The number of imide groups is 1. The monoisotopic (exact) mass is 515 g/mol. The highest BCUT2D eigenvalue weighted by molar-refractivity contribution is 5.97. The summed E-state index contributed by atoms with van der Waals surface area (Å²) >= 11 is 0. The third-order valence-electron chi connectivity index (χ3n) is 8.02. The summed E-state index contributed by atoms with van der Waals surface area (Å²) in [6, 6.07) is 3.74. The van der Waals surface area contributed by atoms with Crippen molar-refractivity contribution in [1.29, 1.82) is 0 Å². The van der Waals surface area contributed by atoms with Crippen molar-refractivity contribution >= 4 is 17.9 Å². The number of carbonyl (C=O) groups excluding carboxylic acids is 3. The van der Waals surface area contributed by atoms with Crippen molar-refractivity contribution in [2.45, 2.75) is 76.4 Å². The number of rotatable bonds is 12. The van der Waals surface area contributed by atoms with Crippen LogP contribution in [0.15, 0.2) is 12.1 Å². The van der Waals surface area contributed by atoms with Gasteiger partial charge in [0.05, 0.1) is 14.2 Å². The Balaban J connectivity index is 1.08. The quantitative estimate of drug-likeness (QED) is 0.301. The molecule has 3 aliphatic rings. The molecule has 0 bridgehead atoms. The van der Waals surface area contributed by atoms with E-state index in [1.807, 2.05) is 11.0 Å². The highest BCUT2D eigenvalue weighted by Gasteiger charge is 2.36. The van der Waals surface area contributed by atoms with Gasteiger partial charge in [-0.1, -0.05) is 25.7 Å². The number of likely N-dealkylation sites (tertiary alicyclic amines) is 1. The van der Waals surface area contributed by atoms with Gasteiger partial charge in [-0.2, -0.15) is 0 Å². The number of methoxy groups -OCH3 is 2. The Morgan fingerprint density at radius 2 is 1.62 bits per heavy atom. The molecule has 9 heteroatoms. The van der Waals surface area contributed by atoms with Crippen LogP contribution in [0.3, 0.4) is 0 Å². The van der Waals surface area contributed by atoms with E-state index in [0.717, 1.165) is 57.3 Å². The molecule has 1 atom stereocenters. The Bertz CT molecular complexity index is 975. The van der Waals surface area contributed by atoms with Crippen LogP contribution in [-0.2, 0) is 9.53 Å². The first kappa shape index (κ1) is 27.2. The molecule has 2 fully saturated rings. The minimum atomic E-state index is -0.312. The van der Waals surface area contributed by atoms with Gasteiger partial charge in [0.2, 0.25) is 5.91 Å². The number of unbranched alkanes of at least 4 members (excludes halogenated alkanes) is 5. The van der Waals surface area contributed by atoms with E-state index in [-0.39, 0.29) is 30.1 Å². The Morgan fingerprint density at radius 3 is 2.32 bits per heavy atom. The van der Waals surface area contributed by atoms with E-state index in [1.54, 1.807) is 27.3 Å². The van der Waals surface area contributed by atoms with Crippen molar-refractivity contribution in [2.24, 2.45) is 0 Å². The summed E-state index contributed by atoms with van der Waals surface area (Å²) in [6.45, 7) is 3.70. The van der Waals surface area contributed by atoms with Gasteiger partial charge < -0.3 is 24.0 Å². The van der Waals surface area contributed by atoms with Gasteiger partial charge in [-0.3, -0.25) is 9.69 Å². The van der Waals surface area contributed by atoms with E-state index in [9.17, 15) is 14.4 Å². The third kappa shape index (κ3) is 6.37. The number of urea groups is 1. The topological polar surface area (TPSA) is 88.6 Å². The SMILES string of the molecule is COc1cc(OC)c2c(c1)[C@@H](CCCCCCCCN1CCC(N3CCC(=O)N(C)C3=O)CC1)OC2=O. The van der Waals surface area contributed by atoms with E-state index >= 15 is 0 Å². The summed E-state index contributed by atoms with van der Waals surface area (Å²) in [7, 11) is 4.75. The van der Waals surface area contributed by atoms with Crippen LogP contribution in [0.5, 0.6) is 11.5 Å². The van der Waals surface area contributed by atoms with Gasteiger partial charge in [-0.15, -0.1) is 0 Å². The number of hydrogen-bond donors (Lipinski definition) is 0. The van der Waals surface area contributed by atoms with Gasteiger partial charge in [0.1, 0.15) is 23.2 Å². The molecule has 3 heterocycles. The number of amides is 3. The van der Waals surface area contributed by atoms with Gasteiger partial charge in [0.15, 0.2) is 0 Å². The molecule has 0 unspecified atom stereocenters. The second-order valence-corrected chi connectivity index (χ2v) is 10.3. The molecule has 3 aliphatic heterocycles. The minimum absolute atomic E-state index is 0.0766. The fourth-order valence-electron chi connectivity index (χ4n) is 5.77. The molecule has 0 radical (unpaired) electrons. The number of cyclic esters (lactones) is 1. The molecule has 0 aromatic heterocycles. The molecule has 37 heavy (non-hydrogen) atoms. The number of benzene rings is 1. The maximum atomic E-state index is 12.4. The number of piperidine rings is 1. The lowest BCUT2D eigenvalue weighted by Crippen LogP contribution is -2.56. The summed E-state index contributed by atoms with van der Waals surface area (Å²) in [5, 5.41) is 0.